The second-order valence-electron chi connectivity index (χ2n) is 5.78. The third-order valence-electron chi connectivity index (χ3n) is 4.67. The summed E-state index contributed by atoms with van der Waals surface area (Å²) < 4.78 is 27.6. The van der Waals surface area contributed by atoms with Crippen molar-refractivity contribution in [3.63, 3.8) is 0 Å². The van der Waals surface area contributed by atoms with E-state index in [9.17, 15) is 8.42 Å². The van der Waals surface area contributed by atoms with Crippen LogP contribution in [0.3, 0.4) is 0 Å². The minimum absolute atomic E-state index is 0.216. The molecule has 2 fully saturated rings. The maximum atomic E-state index is 12.9. The molecule has 1 unspecified atom stereocenters. The molecule has 2 aliphatic rings. The summed E-state index contributed by atoms with van der Waals surface area (Å²) in [5, 5.41) is 1.83. The van der Waals surface area contributed by atoms with E-state index in [4.69, 9.17) is 5.73 Å². The van der Waals surface area contributed by atoms with Crippen LogP contribution in [0.25, 0.3) is 0 Å². The quantitative estimate of drug-likeness (QED) is 0.929. The van der Waals surface area contributed by atoms with Crippen LogP contribution in [0, 0.1) is 5.92 Å². The lowest BCUT2D eigenvalue weighted by molar-refractivity contribution is 0.288. The Hall–Kier alpha value is -0.430. The average molecular weight is 314 g/mol. The van der Waals surface area contributed by atoms with Crippen LogP contribution in [-0.4, -0.2) is 25.3 Å². The molecule has 6 heteroatoms. The summed E-state index contributed by atoms with van der Waals surface area (Å²) in [6.07, 6.45) is 6.88. The normalized spacial score (nSPS) is 25.6. The number of hydrogen-bond donors (Lipinski definition) is 1. The third-order valence-corrected chi connectivity index (χ3v) is 7.75. The van der Waals surface area contributed by atoms with Crippen LogP contribution in [0.1, 0.15) is 43.4 Å². The van der Waals surface area contributed by atoms with Crippen molar-refractivity contribution < 1.29 is 8.42 Å². The van der Waals surface area contributed by atoms with Gasteiger partial charge in [0.1, 0.15) is 0 Å². The van der Waals surface area contributed by atoms with Gasteiger partial charge in [-0.2, -0.15) is 4.31 Å². The van der Waals surface area contributed by atoms with Crippen LogP contribution in [0.2, 0.25) is 0 Å². The molecule has 1 atom stereocenters. The molecule has 0 aromatic carbocycles. The van der Waals surface area contributed by atoms with Gasteiger partial charge in [0, 0.05) is 24.0 Å². The number of hydrogen-bond acceptors (Lipinski definition) is 4. The Bertz CT molecular complexity index is 561. The highest BCUT2D eigenvalue weighted by atomic mass is 32.2. The first-order chi connectivity index (χ1) is 9.64. The highest BCUT2D eigenvalue weighted by Crippen LogP contribution is 2.38. The summed E-state index contributed by atoms with van der Waals surface area (Å²) in [6.45, 7) is 0.970. The first-order valence-corrected chi connectivity index (χ1v) is 9.75. The zero-order valence-electron chi connectivity index (χ0n) is 11.6. The smallest absolute Gasteiger partial charge is 0.244 e. The number of thiophene rings is 1. The van der Waals surface area contributed by atoms with E-state index in [0.29, 0.717) is 23.9 Å². The Morgan fingerprint density at radius 2 is 2.00 bits per heavy atom. The first kappa shape index (κ1) is 14.5. The summed E-state index contributed by atoms with van der Waals surface area (Å²) in [7, 11) is -3.36. The largest absolute Gasteiger partial charge is 0.326 e. The van der Waals surface area contributed by atoms with E-state index in [2.05, 4.69) is 0 Å². The minimum Gasteiger partial charge on any atom is -0.326 e. The van der Waals surface area contributed by atoms with Gasteiger partial charge in [0.25, 0.3) is 0 Å². The van der Waals surface area contributed by atoms with Gasteiger partial charge >= 0.3 is 0 Å². The zero-order chi connectivity index (χ0) is 14.2. The van der Waals surface area contributed by atoms with E-state index >= 15 is 0 Å². The van der Waals surface area contributed by atoms with Gasteiger partial charge < -0.3 is 5.73 Å². The van der Waals surface area contributed by atoms with Gasteiger partial charge in [-0.1, -0.05) is 12.8 Å². The van der Waals surface area contributed by atoms with Crippen LogP contribution in [0.15, 0.2) is 16.3 Å². The molecule has 0 amide bonds. The number of nitrogens with zero attached hydrogens (tertiary/aromatic N) is 1. The van der Waals surface area contributed by atoms with Crippen LogP contribution >= 0.6 is 11.3 Å². The molecule has 0 spiro atoms. The highest BCUT2D eigenvalue weighted by Gasteiger charge is 2.41. The maximum Gasteiger partial charge on any atom is 0.244 e. The van der Waals surface area contributed by atoms with Crippen molar-refractivity contribution in [3.8, 4) is 0 Å². The fraction of sp³-hybridized carbons (Fsp3) is 0.714. The molecule has 4 nitrogen and oxygen atoms in total. The van der Waals surface area contributed by atoms with E-state index in [1.54, 1.807) is 10.4 Å². The summed E-state index contributed by atoms with van der Waals surface area (Å²) >= 11 is 1.44. The Kier molecular flexibility index (Phi) is 4.17. The monoisotopic (exact) mass is 314 g/mol. The van der Waals surface area contributed by atoms with Gasteiger partial charge in [0.15, 0.2) is 0 Å². The van der Waals surface area contributed by atoms with Gasteiger partial charge in [0.2, 0.25) is 10.0 Å². The number of sulfonamides is 1. The van der Waals surface area contributed by atoms with Crippen molar-refractivity contribution in [1.29, 1.82) is 0 Å². The van der Waals surface area contributed by atoms with Crippen LogP contribution in [-0.2, 0) is 16.6 Å². The molecule has 1 saturated carbocycles. The highest BCUT2D eigenvalue weighted by molar-refractivity contribution is 7.89. The Labute approximate surface area is 125 Å². The molecule has 0 radical (unpaired) electrons. The van der Waals surface area contributed by atoms with Gasteiger partial charge in [-0.25, -0.2) is 8.42 Å². The summed E-state index contributed by atoms with van der Waals surface area (Å²) in [5.41, 5.74) is 5.67. The van der Waals surface area contributed by atoms with Crippen LogP contribution in [0.4, 0.5) is 0 Å². The van der Waals surface area contributed by atoms with Crippen molar-refractivity contribution in [1.82, 2.24) is 4.31 Å². The lowest BCUT2D eigenvalue weighted by Gasteiger charge is -2.28. The molecule has 1 aromatic heterocycles. The lowest BCUT2D eigenvalue weighted by Crippen LogP contribution is -2.39. The van der Waals surface area contributed by atoms with Gasteiger partial charge in [-0.15, -0.1) is 11.3 Å². The average Bonchev–Trinajstić information content (AvgIpc) is 3.17. The summed E-state index contributed by atoms with van der Waals surface area (Å²) in [4.78, 5) is 1.22. The predicted molar refractivity (Wildman–Crippen MR) is 81.1 cm³/mol. The van der Waals surface area contributed by atoms with E-state index in [-0.39, 0.29) is 6.04 Å². The molecule has 112 valence electrons. The molecule has 1 saturated heterocycles. The van der Waals surface area contributed by atoms with Crippen molar-refractivity contribution in [2.75, 3.05) is 6.54 Å². The second kappa shape index (κ2) is 5.75. The van der Waals surface area contributed by atoms with Crippen LogP contribution < -0.4 is 5.73 Å². The van der Waals surface area contributed by atoms with Crippen molar-refractivity contribution in [3.05, 3.63) is 16.3 Å². The molecule has 2 N–H and O–H groups in total. The molecule has 2 heterocycles. The maximum absolute atomic E-state index is 12.9. The summed E-state index contributed by atoms with van der Waals surface area (Å²) in [6, 6.07) is 1.93. The molecule has 0 bridgehead atoms. The van der Waals surface area contributed by atoms with Gasteiger partial charge in [0.05, 0.1) is 4.90 Å². The Morgan fingerprint density at radius 1 is 1.25 bits per heavy atom. The molecule has 1 aliphatic heterocycles. The predicted octanol–water partition coefficient (Wildman–Crippen LogP) is 2.55. The molecule has 1 aromatic rings. The van der Waals surface area contributed by atoms with Crippen molar-refractivity contribution in [2.24, 2.45) is 11.7 Å². The molecule has 3 rings (SSSR count). The molecule has 1 aliphatic carbocycles. The Morgan fingerprint density at radius 3 is 2.70 bits per heavy atom. The molecular weight excluding hydrogens is 292 g/mol. The first-order valence-electron chi connectivity index (χ1n) is 7.43. The SMILES string of the molecule is NCc1sccc1S(=O)(=O)N1CCCC1C1CCCC1. The fourth-order valence-electron chi connectivity index (χ4n) is 3.71. The standard InChI is InChI=1S/C14H22N2O2S2/c15-10-13-14(7-9-19-13)20(17,18)16-8-3-6-12(16)11-4-1-2-5-11/h7,9,11-12H,1-6,8,10,15H2. The lowest BCUT2D eigenvalue weighted by atomic mass is 9.97. The second-order valence-corrected chi connectivity index (χ2v) is 8.64. The van der Waals surface area contributed by atoms with E-state index in [1.807, 2.05) is 5.38 Å². The van der Waals surface area contributed by atoms with E-state index in [0.717, 1.165) is 17.7 Å². The van der Waals surface area contributed by atoms with Crippen molar-refractivity contribution >= 4 is 21.4 Å². The molecule has 20 heavy (non-hydrogen) atoms. The minimum atomic E-state index is -3.36. The van der Waals surface area contributed by atoms with Gasteiger partial charge in [-0.3, -0.25) is 0 Å². The van der Waals surface area contributed by atoms with Crippen LogP contribution in [0.5, 0.6) is 0 Å². The number of rotatable bonds is 4. The van der Waals surface area contributed by atoms with E-state index < -0.39 is 10.0 Å². The van der Waals surface area contributed by atoms with Gasteiger partial charge in [-0.05, 0) is 43.0 Å². The van der Waals surface area contributed by atoms with Crippen molar-refractivity contribution in [2.45, 2.75) is 56.0 Å². The summed E-state index contributed by atoms with van der Waals surface area (Å²) in [5.74, 6) is 0.562. The zero-order valence-corrected chi connectivity index (χ0v) is 13.3. The topological polar surface area (TPSA) is 63.4 Å². The fourth-order valence-corrected chi connectivity index (χ4v) is 6.77. The molecular formula is C14H22N2O2S2. The Balaban J connectivity index is 1.90. The number of nitrogens with two attached hydrogens (primary N) is 1. The van der Waals surface area contributed by atoms with E-state index in [1.165, 1.54) is 37.0 Å². The third kappa shape index (κ3) is 2.43.